The molecule has 2 N–H and O–H groups in total. The van der Waals surface area contributed by atoms with Crippen LogP contribution < -0.4 is 10.6 Å². The van der Waals surface area contributed by atoms with Crippen LogP contribution in [0.1, 0.15) is 47.5 Å². The van der Waals surface area contributed by atoms with E-state index in [2.05, 4.69) is 10.6 Å². The highest BCUT2D eigenvalue weighted by atomic mass is 32.2. The predicted molar refractivity (Wildman–Crippen MR) is 110 cm³/mol. The Balaban J connectivity index is 1.78. The number of anilines is 1. The lowest BCUT2D eigenvalue weighted by Crippen LogP contribution is -2.30. The zero-order chi connectivity index (χ0) is 21.2. The van der Waals surface area contributed by atoms with E-state index in [4.69, 9.17) is 0 Å². The average Bonchev–Trinajstić information content (AvgIpc) is 3.40. The van der Waals surface area contributed by atoms with E-state index in [1.54, 1.807) is 45.2 Å². The van der Waals surface area contributed by atoms with Crippen molar-refractivity contribution < 1.29 is 18.0 Å². The molecular weight excluding hydrogens is 392 g/mol. The summed E-state index contributed by atoms with van der Waals surface area (Å²) in [5, 5.41) is 5.64. The maximum absolute atomic E-state index is 12.7. The molecule has 0 aliphatic heterocycles. The SMILES string of the molecule is CCN(CC)S(=O)(=O)c1cc(C(=O)Nc2cccc(C(=O)NC3CC3)c2)n(C)c1. The quantitative estimate of drug-likeness (QED) is 0.686. The summed E-state index contributed by atoms with van der Waals surface area (Å²) in [6, 6.07) is 8.28. The molecule has 9 heteroatoms. The molecule has 1 aliphatic carbocycles. The van der Waals surface area contributed by atoms with Crippen molar-refractivity contribution >= 4 is 27.5 Å². The van der Waals surface area contributed by atoms with Crippen LogP contribution in [0, 0.1) is 0 Å². The predicted octanol–water partition coefficient (Wildman–Crippen LogP) is 2.20. The van der Waals surface area contributed by atoms with E-state index in [1.165, 1.54) is 21.1 Å². The molecule has 1 heterocycles. The Bertz CT molecular complexity index is 1020. The minimum Gasteiger partial charge on any atom is -0.349 e. The lowest BCUT2D eigenvalue weighted by molar-refractivity contribution is 0.0949. The van der Waals surface area contributed by atoms with Gasteiger partial charge in [-0.2, -0.15) is 4.31 Å². The number of nitrogens with zero attached hydrogens (tertiary/aromatic N) is 2. The average molecular weight is 419 g/mol. The molecule has 0 unspecified atom stereocenters. The molecule has 0 radical (unpaired) electrons. The van der Waals surface area contributed by atoms with Crippen LogP contribution in [-0.2, 0) is 17.1 Å². The Labute approximate surface area is 170 Å². The molecule has 1 fully saturated rings. The van der Waals surface area contributed by atoms with E-state index in [0.717, 1.165) is 12.8 Å². The largest absolute Gasteiger partial charge is 0.349 e. The number of amides is 2. The summed E-state index contributed by atoms with van der Waals surface area (Å²) in [4.78, 5) is 25.0. The van der Waals surface area contributed by atoms with Gasteiger partial charge in [0.15, 0.2) is 0 Å². The molecule has 1 saturated carbocycles. The van der Waals surface area contributed by atoms with E-state index in [-0.39, 0.29) is 22.5 Å². The lowest BCUT2D eigenvalue weighted by Gasteiger charge is -2.17. The van der Waals surface area contributed by atoms with Gasteiger partial charge in [0.25, 0.3) is 11.8 Å². The van der Waals surface area contributed by atoms with Crippen LogP contribution in [0.3, 0.4) is 0 Å². The molecule has 156 valence electrons. The van der Waals surface area contributed by atoms with Gasteiger partial charge in [-0.15, -0.1) is 0 Å². The Morgan fingerprint density at radius 2 is 1.83 bits per heavy atom. The Kier molecular flexibility index (Phi) is 6.09. The van der Waals surface area contributed by atoms with Crippen molar-refractivity contribution in [3.8, 4) is 0 Å². The molecule has 0 bridgehead atoms. The molecule has 1 aromatic heterocycles. The number of benzene rings is 1. The minimum absolute atomic E-state index is 0.0754. The van der Waals surface area contributed by atoms with Gasteiger partial charge in [-0.05, 0) is 37.1 Å². The third-order valence-electron chi connectivity index (χ3n) is 4.85. The van der Waals surface area contributed by atoms with Crippen molar-refractivity contribution in [1.82, 2.24) is 14.2 Å². The fourth-order valence-corrected chi connectivity index (χ4v) is 4.57. The van der Waals surface area contributed by atoms with Crippen molar-refractivity contribution in [2.45, 2.75) is 37.6 Å². The molecule has 2 aromatic rings. The summed E-state index contributed by atoms with van der Waals surface area (Å²) >= 11 is 0. The van der Waals surface area contributed by atoms with Crippen molar-refractivity contribution in [3.63, 3.8) is 0 Å². The standard InChI is InChI=1S/C20H26N4O4S/c1-4-24(5-2)29(27,28)17-12-18(23(3)13-17)20(26)22-16-8-6-7-14(11-16)19(25)21-15-9-10-15/h6-8,11-13,15H,4-5,9-10H2,1-3H3,(H,21,25)(H,22,26). The number of carbonyl (C=O) groups is 2. The van der Waals surface area contributed by atoms with Gasteiger partial charge in [0.1, 0.15) is 10.6 Å². The maximum atomic E-state index is 12.7. The zero-order valence-corrected chi connectivity index (χ0v) is 17.6. The smallest absolute Gasteiger partial charge is 0.272 e. The van der Waals surface area contributed by atoms with Crippen LogP contribution in [0.5, 0.6) is 0 Å². The van der Waals surface area contributed by atoms with Crippen LogP contribution in [0.25, 0.3) is 0 Å². The van der Waals surface area contributed by atoms with E-state index < -0.39 is 15.9 Å². The molecule has 2 amide bonds. The van der Waals surface area contributed by atoms with Gasteiger partial charge >= 0.3 is 0 Å². The summed E-state index contributed by atoms with van der Waals surface area (Å²) in [6.07, 6.45) is 3.42. The van der Waals surface area contributed by atoms with Crippen molar-refractivity contribution in [2.75, 3.05) is 18.4 Å². The molecule has 29 heavy (non-hydrogen) atoms. The van der Waals surface area contributed by atoms with Gasteiger partial charge in [-0.3, -0.25) is 9.59 Å². The van der Waals surface area contributed by atoms with Crippen LogP contribution in [0.15, 0.2) is 41.4 Å². The molecule has 3 rings (SSSR count). The van der Waals surface area contributed by atoms with Crippen LogP contribution in [0.2, 0.25) is 0 Å². The van der Waals surface area contributed by atoms with Crippen molar-refractivity contribution in [2.24, 2.45) is 7.05 Å². The molecule has 0 spiro atoms. The third-order valence-corrected chi connectivity index (χ3v) is 6.87. The van der Waals surface area contributed by atoms with Gasteiger partial charge in [-0.1, -0.05) is 19.9 Å². The number of sulfonamides is 1. The number of aryl methyl sites for hydroxylation is 1. The summed E-state index contributed by atoms with van der Waals surface area (Å²) in [7, 11) is -2.03. The molecule has 0 atom stereocenters. The fourth-order valence-electron chi connectivity index (χ4n) is 3.04. The van der Waals surface area contributed by atoms with Crippen LogP contribution in [0.4, 0.5) is 5.69 Å². The Morgan fingerprint density at radius 3 is 2.45 bits per heavy atom. The summed E-state index contributed by atoms with van der Waals surface area (Å²) in [5.41, 5.74) is 1.14. The maximum Gasteiger partial charge on any atom is 0.272 e. The molecule has 0 saturated heterocycles. The van der Waals surface area contributed by atoms with Gasteiger partial charge < -0.3 is 15.2 Å². The highest BCUT2D eigenvalue weighted by Gasteiger charge is 2.26. The van der Waals surface area contributed by atoms with Crippen LogP contribution >= 0.6 is 0 Å². The lowest BCUT2D eigenvalue weighted by atomic mass is 10.2. The van der Waals surface area contributed by atoms with Gasteiger partial charge in [0.05, 0.1) is 0 Å². The highest BCUT2D eigenvalue weighted by molar-refractivity contribution is 7.89. The number of hydrogen-bond donors (Lipinski definition) is 2. The third kappa shape index (κ3) is 4.68. The van der Waals surface area contributed by atoms with E-state index in [1.807, 2.05) is 0 Å². The van der Waals surface area contributed by atoms with Gasteiger partial charge in [0, 0.05) is 43.6 Å². The topological polar surface area (TPSA) is 101 Å². The van der Waals surface area contributed by atoms with E-state index >= 15 is 0 Å². The minimum atomic E-state index is -3.65. The number of nitrogens with one attached hydrogen (secondary N) is 2. The first-order valence-corrected chi connectivity index (χ1v) is 11.1. The number of aromatic nitrogens is 1. The molecular formula is C20H26N4O4S. The second-order valence-corrected chi connectivity index (χ2v) is 8.98. The second-order valence-electron chi connectivity index (χ2n) is 7.04. The summed E-state index contributed by atoms with van der Waals surface area (Å²) in [5.74, 6) is -0.622. The first-order valence-electron chi connectivity index (χ1n) is 9.65. The Hall–Kier alpha value is -2.65. The van der Waals surface area contributed by atoms with Crippen LogP contribution in [-0.4, -0.2) is 48.2 Å². The monoisotopic (exact) mass is 418 g/mol. The fraction of sp³-hybridized carbons (Fsp3) is 0.400. The number of carbonyl (C=O) groups excluding carboxylic acids is 2. The molecule has 1 aliphatic rings. The van der Waals surface area contributed by atoms with Crippen molar-refractivity contribution in [1.29, 1.82) is 0 Å². The van der Waals surface area contributed by atoms with E-state index in [0.29, 0.717) is 24.3 Å². The van der Waals surface area contributed by atoms with E-state index in [9.17, 15) is 18.0 Å². The van der Waals surface area contributed by atoms with Gasteiger partial charge in [-0.25, -0.2) is 8.42 Å². The molecule has 8 nitrogen and oxygen atoms in total. The normalized spacial score (nSPS) is 14.1. The summed E-state index contributed by atoms with van der Waals surface area (Å²) in [6.45, 7) is 4.24. The molecule has 1 aromatic carbocycles. The first-order chi connectivity index (χ1) is 13.8. The van der Waals surface area contributed by atoms with Gasteiger partial charge in [0.2, 0.25) is 10.0 Å². The number of hydrogen-bond acceptors (Lipinski definition) is 4. The summed E-state index contributed by atoms with van der Waals surface area (Å²) < 4.78 is 28.2. The first kappa shape index (κ1) is 21.1. The van der Waals surface area contributed by atoms with Crippen molar-refractivity contribution in [3.05, 3.63) is 47.8 Å². The number of rotatable bonds is 8. The highest BCUT2D eigenvalue weighted by Crippen LogP contribution is 2.21. The second kappa shape index (κ2) is 8.38. The zero-order valence-electron chi connectivity index (χ0n) is 16.8. The Morgan fingerprint density at radius 1 is 1.14 bits per heavy atom.